The molecule has 0 spiro atoms. The minimum absolute atomic E-state index is 0.0149. The maximum absolute atomic E-state index is 11.2. The van der Waals surface area contributed by atoms with Gasteiger partial charge in [0.15, 0.2) is 14.6 Å². The van der Waals surface area contributed by atoms with E-state index in [2.05, 4.69) is 9.97 Å². The number of nitrogens with two attached hydrogens (primary N) is 1. The molecule has 0 radical (unpaired) electrons. The SMILES string of the molecule is Cc1[nH]c(=S)nc(N)c1S(C)(=O)=O. The first-order valence-corrected chi connectivity index (χ1v) is 5.69. The lowest BCUT2D eigenvalue weighted by atomic mass is 10.4. The molecule has 1 aromatic rings. The zero-order chi connectivity index (χ0) is 10.2. The van der Waals surface area contributed by atoms with Crippen LogP contribution >= 0.6 is 12.2 Å². The van der Waals surface area contributed by atoms with Gasteiger partial charge in [-0.15, -0.1) is 0 Å². The predicted octanol–water partition coefficient (Wildman–Crippen LogP) is 0.433. The number of hydrogen-bond donors (Lipinski definition) is 2. The van der Waals surface area contributed by atoms with E-state index >= 15 is 0 Å². The number of aromatic amines is 1. The maximum Gasteiger partial charge on any atom is 0.199 e. The molecule has 13 heavy (non-hydrogen) atoms. The van der Waals surface area contributed by atoms with Crippen molar-refractivity contribution in [3.05, 3.63) is 10.5 Å². The number of anilines is 1. The van der Waals surface area contributed by atoms with E-state index in [1.54, 1.807) is 6.92 Å². The quantitative estimate of drug-likeness (QED) is 0.669. The highest BCUT2D eigenvalue weighted by Gasteiger charge is 2.16. The molecule has 1 rings (SSSR count). The lowest BCUT2D eigenvalue weighted by molar-refractivity contribution is 0.600. The molecule has 0 aromatic carbocycles. The fraction of sp³-hybridized carbons (Fsp3) is 0.333. The number of rotatable bonds is 1. The van der Waals surface area contributed by atoms with Crippen molar-refractivity contribution in [1.82, 2.24) is 9.97 Å². The van der Waals surface area contributed by atoms with E-state index in [1.807, 2.05) is 0 Å². The fourth-order valence-electron chi connectivity index (χ4n) is 1.07. The molecule has 0 amide bonds. The van der Waals surface area contributed by atoms with E-state index in [0.717, 1.165) is 6.26 Å². The Bertz CT molecular complexity index is 463. The van der Waals surface area contributed by atoms with Crippen LogP contribution < -0.4 is 5.73 Å². The molecule has 1 heterocycles. The molecule has 3 N–H and O–H groups in total. The van der Waals surface area contributed by atoms with E-state index in [-0.39, 0.29) is 15.5 Å². The molecule has 0 aliphatic carbocycles. The second-order valence-corrected chi connectivity index (χ2v) is 4.99. The summed E-state index contributed by atoms with van der Waals surface area (Å²) >= 11 is 4.73. The van der Waals surface area contributed by atoms with Crippen LogP contribution in [0.25, 0.3) is 0 Å². The van der Waals surface area contributed by atoms with Crippen LogP contribution in [-0.2, 0) is 9.84 Å². The molecule has 1 aromatic heterocycles. The van der Waals surface area contributed by atoms with Crippen LogP contribution in [0.1, 0.15) is 5.69 Å². The van der Waals surface area contributed by atoms with Gasteiger partial charge in [0.05, 0.1) is 0 Å². The maximum atomic E-state index is 11.2. The molecule has 0 saturated carbocycles. The van der Waals surface area contributed by atoms with Gasteiger partial charge in [0.2, 0.25) is 0 Å². The van der Waals surface area contributed by atoms with Gasteiger partial charge in [0, 0.05) is 11.9 Å². The van der Waals surface area contributed by atoms with Gasteiger partial charge in [-0.3, -0.25) is 0 Å². The Balaban J connectivity index is 3.66. The van der Waals surface area contributed by atoms with Gasteiger partial charge in [0.25, 0.3) is 0 Å². The third-order valence-electron chi connectivity index (χ3n) is 1.46. The van der Waals surface area contributed by atoms with Crippen LogP contribution in [0.2, 0.25) is 0 Å². The van der Waals surface area contributed by atoms with Crippen LogP contribution in [-0.4, -0.2) is 24.6 Å². The van der Waals surface area contributed by atoms with Crippen LogP contribution in [0.4, 0.5) is 5.82 Å². The summed E-state index contributed by atoms with van der Waals surface area (Å²) in [6.07, 6.45) is 1.07. The first kappa shape index (κ1) is 10.1. The summed E-state index contributed by atoms with van der Waals surface area (Å²) in [5, 5.41) is 0. The molecule has 0 aliphatic heterocycles. The van der Waals surface area contributed by atoms with E-state index in [9.17, 15) is 8.42 Å². The van der Waals surface area contributed by atoms with Gasteiger partial charge < -0.3 is 10.7 Å². The Kier molecular flexibility index (Phi) is 2.40. The van der Waals surface area contributed by atoms with Gasteiger partial charge >= 0.3 is 0 Å². The summed E-state index contributed by atoms with van der Waals surface area (Å²) in [6, 6.07) is 0. The Morgan fingerprint density at radius 1 is 1.54 bits per heavy atom. The van der Waals surface area contributed by atoms with Crippen molar-refractivity contribution in [1.29, 1.82) is 0 Å². The van der Waals surface area contributed by atoms with E-state index in [4.69, 9.17) is 18.0 Å². The molecule has 0 bridgehead atoms. The first-order valence-electron chi connectivity index (χ1n) is 3.39. The lowest BCUT2D eigenvalue weighted by Gasteiger charge is -2.05. The molecule has 0 atom stereocenters. The van der Waals surface area contributed by atoms with Crippen molar-refractivity contribution in [2.75, 3.05) is 12.0 Å². The molecule has 0 saturated heterocycles. The number of sulfone groups is 1. The Morgan fingerprint density at radius 2 is 2.08 bits per heavy atom. The van der Waals surface area contributed by atoms with Crippen molar-refractivity contribution >= 4 is 27.9 Å². The summed E-state index contributed by atoms with van der Waals surface area (Å²) in [7, 11) is -3.35. The second-order valence-electron chi connectivity index (χ2n) is 2.65. The molecular formula is C6H9N3O2S2. The first-order chi connectivity index (χ1) is 5.82. The number of nitrogen functional groups attached to an aromatic ring is 1. The topological polar surface area (TPSA) is 88.8 Å². The molecule has 5 nitrogen and oxygen atoms in total. The molecule has 72 valence electrons. The van der Waals surface area contributed by atoms with Gasteiger partial charge in [-0.2, -0.15) is 0 Å². The number of hydrogen-bond acceptors (Lipinski definition) is 5. The van der Waals surface area contributed by atoms with Crippen molar-refractivity contribution in [3.8, 4) is 0 Å². The van der Waals surface area contributed by atoms with Crippen LogP contribution in [0, 0.1) is 11.7 Å². The summed E-state index contributed by atoms with van der Waals surface area (Å²) in [5.41, 5.74) is 5.85. The smallest absolute Gasteiger partial charge is 0.199 e. The molecule has 0 fully saturated rings. The summed E-state index contributed by atoms with van der Waals surface area (Å²) in [5.74, 6) is -0.0521. The molecule has 0 unspecified atom stereocenters. The van der Waals surface area contributed by atoms with E-state index in [0.29, 0.717) is 5.69 Å². The second kappa shape index (κ2) is 3.08. The predicted molar refractivity (Wildman–Crippen MR) is 51.7 cm³/mol. The summed E-state index contributed by atoms with van der Waals surface area (Å²) in [4.78, 5) is 6.30. The van der Waals surface area contributed by atoms with Crippen molar-refractivity contribution < 1.29 is 8.42 Å². The van der Waals surface area contributed by atoms with Crippen molar-refractivity contribution in [2.24, 2.45) is 0 Å². The monoisotopic (exact) mass is 219 g/mol. The Hall–Kier alpha value is -0.950. The summed E-state index contributed by atoms with van der Waals surface area (Å²) < 4.78 is 22.6. The van der Waals surface area contributed by atoms with Crippen LogP contribution in [0.15, 0.2) is 4.90 Å². The standard InChI is InChI=1S/C6H9N3O2S2/c1-3-4(13(2,10)11)5(7)9-6(12)8-3/h1-2H3,(H3,7,8,9,12). The number of nitrogens with one attached hydrogen (secondary N) is 1. The van der Waals surface area contributed by atoms with Crippen molar-refractivity contribution in [2.45, 2.75) is 11.8 Å². The zero-order valence-corrected chi connectivity index (χ0v) is 8.79. The normalized spacial score (nSPS) is 11.5. The van der Waals surface area contributed by atoms with E-state index < -0.39 is 9.84 Å². The average Bonchev–Trinajstić information content (AvgIpc) is 1.78. The number of aromatic nitrogens is 2. The molecular weight excluding hydrogens is 210 g/mol. The average molecular weight is 219 g/mol. The number of nitrogens with zero attached hydrogens (tertiary/aromatic N) is 1. The third kappa shape index (κ3) is 2.04. The summed E-state index contributed by atoms with van der Waals surface area (Å²) in [6.45, 7) is 1.59. The van der Waals surface area contributed by atoms with Gasteiger partial charge in [-0.05, 0) is 19.1 Å². The zero-order valence-electron chi connectivity index (χ0n) is 7.16. The Labute approximate surface area is 80.9 Å². The molecule has 0 aliphatic rings. The van der Waals surface area contributed by atoms with Gasteiger partial charge in [-0.1, -0.05) is 0 Å². The fourth-order valence-corrected chi connectivity index (χ4v) is 2.35. The number of aryl methyl sites for hydroxylation is 1. The van der Waals surface area contributed by atoms with Crippen LogP contribution in [0.5, 0.6) is 0 Å². The van der Waals surface area contributed by atoms with Gasteiger partial charge in [0.1, 0.15) is 10.7 Å². The minimum atomic E-state index is -3.35. The molecule has 7 heteroatoms. The lowest BCUT2D eigenvalue weighted by Crippen LogP contribution is -2.08. The highest BCUT2D eigenvalue weighted by atomic mass is 32.2. The van der Waals surface area contributed by atoms with E-state index in [1.165, 1.54) is 0 Å². The highest BCUT2D eigenvalue weighted by Crippen LogP contribution is 2.17. The van der Waals surface area contributed by atoms with Crippen LogP contribution in [0.3, 0.4) is 0 Å². The Morgan fingerprint density at radius 3 is 2.46 bits per heavy atom. The number of H-pyrrole nitrogens is 1. The third-order valence-corrected chi connectivity index (χ3v) is 2.91. The highest BCUT2D eigenvalue weighted by molar-refractivity contribution is 7.91. The minimum Gasteiger partial charge on any atom is -0.382 e. The van der Waals surface area contributed by atoms with Gasteiger partial charge in [-0.25, -0.2) is 13.4 Å². The van der Waals surface area contributed by atoms with Crippen molar-refractivity contribution in [3.63, 3.8) is 0 Å². The largest absolute Gasteiger partial charge is 0.382 e.